The Kier molecular flexibility index (Phi) is 14.7. The molecule has 0 bridgehead atoms. The summed E-state index contributed by atoms with van der Waals surface area (Å²) in [6.45, 7) is 2.13. The molecule has 0 saturated heterocycles. The summed E-state index contributed by atoms with van der Waals surface area (Å²) in [4.78, 5) is 9.68. The van der Waals surface area contributed by atoms with Crippen LogP contribution in [0.4, 0.5) is 0 Å². The molecule has 0 saturated carbocycles. The Bertz CT molecular complexity index is 53.0. The van der Waals surface area contributed by atoms with E-state index in [1.54, 1.807) is 0 Å². The minimum Gasteiger partial charge on any atom is -1.00 e. The van der Waals surface area contributed by atoms with Gasteiger partial charge in [-0.2, -0.15) is 0 Å². The molecule has 0 rings (SSSR count). The predicted molar refractivity (Wildman–Crippen MR) is 38.2 cm³/mol. The molecule has 0 aliphatic heterocycles. The van der Waals surface area contributed by atoms with E-state index in [1.807, 2.05) is 0 Å². The van der Waals surface area contributed by atoms with Crippen molar-refractivity contribution >= 4 is 29.3 Å². The molecule has 0 amide bonds. The van der Waals surface area contributed by atoms with Crippen LogP contribution in [0.2, 0.25) is 0 Å². The molecule has 0 atom stereocenters. The standard InChI is InChI=1S/C6H12O.Mg.2H/c1-2-3-4-5-6-7;;;/h6H,2-5H2,1H3;;;/q;+2;2*-1. The van der Waals surface area contributed by atoms with Crippen LogP contribution in [0.15, 0.2) is 0 Å². The zero-order valence-corrected chi connectivity index (χ0v) is 6.94. The first kappa shape index (κ1) is 11.3. The Morgan fingerprint density at radius 3 is 2.50 bits per heavy atom. The maximum atomic E-state index is 9.68. The van der Waals surface area contributed by atoms with Crippen molar-refractivity contribution in [2.24, 2.45) is 0 Å². The summed E-state index contributed by atoms with van der Waals surface area (Å²) in [6.07, 6.45) is 5.19. The fraction of sp³-hybridized carbons (Fsp3) is 0.833. The minimum atomic E-state index is 0. The van der Waals surface area contributed by atoms with E-state index in [-0.39, 0.29) is 25.9 Å². The van der Waals surface area contributed by atoms with Crippen LogP contribution >= 0.6 is 0 Å². The molecular formula is C6H14MgO. The zero-order valence-electron chi connectivity index (χ0n) is 7.52. The second-order valence-corrected chi connectivity index (χ2v) is 1.66. The SMILES string of the molecule is CCCCCC=O.[H-].[H-].[Mg+2]. The summed E-state index contributed by atoms with van der Waals surface area (Å²) in [6, 6.07) is 0. The molecule has 1 nitrogen and oxygen atoms in total. The van der Waals surface area contributed by atoms with Crippen LogP contribution in [0.5, 0.6) is 0 Å². The van der Waals surface area contributed by atoms with Crippen molar-refractivity contribution in [2.45, 2.75) is 32.6 Å². The van der Waals surface area contributed by atoms with Crippen molar-refractivity contribution in [1.82, 2.24) is 0 Å². The Hall–Kier alpha value is 0.436. The van der Waals surface area contributed by atoms with Crippen LogP contribution in [-0.2, 0) is 4.79 Å². The average Bonchev–Trinajstić information content (AvgIpc) is 1.69. The monoisotopic (exact) mass is 126 g/mol. The number of carbonyl (C=O) groups is 1. The van der Waals surface area contributed by atoms with E-state index >= 15 is 0 Å². The second-order valence-electron chi connectivity index (χ2n) is 1.66. The van der Waals surface area contributed by atoms with Crippen molar-refractivity contribution in [3.05, 3.63) is 0 Å². The molecular weight excluding hydrogens is 112 g/mol. The largest absolute Gasteiger partial charge is 2.00 e. The van der Waals surface area contributed by atoms with Crippen LogP contribution in [0, 0.1) is 0 Å². The molecule has 0 spiro atoms. The summed E-state index contributed by atoms with van der Waals surface area (Å²) in [5.74, 6) is 0. The zero-order chi connectivity index (χ0) is 5.54. The van der Waals surface area contributed by atoms with E-state index in [1.165, 1.54) is 12.8 Å². The van der Waals surface area contributed by atoms with E-state index in [0.717, 1.165) is 19.1 Å². The summed E-state index contributed by atoms with van der Waals surface area (Å²) in [5, 5.41) is 0. The number of carbonyl (C=O) groups excluding carboxylic acids is 1. The van der Waals surface area contributed by atoms with Gasteiger partial charge in [0.25, 0.3) is 0 Å². The van der Waals surface area contributed by atoms with Crippen molar-refractivity contribution in [3.63, 3.8) is 0 Å². The first-order chi connectivity index (χ1) is 3.41. The van der Waals surface area contributed by atoms with Gasteiger partial charge in [-0.25, -0.2) is 0 Å². The average molecular weight is 126 g/mol. The molecule has 0 aromatic rings. The third-order valence-electron chi connectivity index (χ3n) is 0.926. The van der Waals surface area contributed by atoms with Gasteiger partial charge in [-0.3, -0.25) is 0 Å². The molecule has 0 unspecified atom stereocenters. The summed E-state index contributed by atoms with van der Waals surface area (Å²) >= 11 is 0. The van der Waals surface area contributed by atoms with Crippen LogP contribution < -0.4 is 0 Å². The predicted octanol–water partition coefficient (Wildman–Crippen LogP) is 1.61. The maximum Gasteiger partial charge on any atom is 2.00 e. The molecule has 0 heterocycles. The smallest absolute Gasteiger partial charge is 1.00 e. The molecule has 0 aromatic carbocycles. The van der Waals surface area contributed by atoms with Gasteiger partial charge in [0.2, 0.25) is 0 Å². The van der Waals surface area contributed by atoms with Crippen LogP contribution in [-0.4, -0.2) is 29.3 Å². The molecule has 0 aliphatic rings. The first-order valence-corrected chi connectivity index (χ1v) is 2.85. The first-order valence-electron chi connectivity index (χ1n) is 2.85. The quantitative estimate of drug-likeness (QED) is 0.318. The van der Waals surface area contributed by atoms with Gasteiger partial charge in [-0.15, -0.1) is 0 Å². The van der Waals surface area contributed by atoms with E-state index in [0.29, 0.717) is 0 Å². The molecule has 46 valence electrons. The molecule has 0 fully saturated rings. The van der Waals surface area contributed by atoms with Gasteiger partial charge < -0.3 is 7.65 Å². The fourth-order valence-corrected chi connectivity index (χ4v) is 0.478. The van der Waals surface area contributed by atoms with Crippen LogP contribution in [0.25, 0.3) is 0 Å². The fourth-order valence-electron chi connectivity index (χ4n) is 0.478. The molecule has 0 aliphatic carbocycles. The van der Waals surface area contributed by atoms with E-state index < -0.39 is 0 Å². The molecule has 8 heavy (non-hydrogen) atoms. The Labute approximate surface area is 70.0 Å². The van der Waals surface area contributed by atoms with Gasteiger partial charge in [-0.05, 0) is 6.42 Å². The van der Waals surface area contributed by atoms with Crippen molar-refractivity contribution in [2.75, 3.05) is 0 Å². The number of hydrogen-bond acceptors (Lipinski definition) is 1. The Morgan fingerprint density at radius 2 is 2.12 bits per heavy atom. The number of aldehydes is 1. The third kappa shape index (κ3) is 9.66. The normalized spacial score (nSPS) is 7.62. The van der Waals surface area contributed by atoms with Crippen molar-refractivity contribution < 1.29 is 7.65 Å². The minimum absolute atomic E-state index is 0. The van der Waals surface area contributed by atoms with Gasteiger partial charge in [0.1, 0.15) is 6.29 Å². The van der Waals surface area contributed by atoms with Gasteiger partial charge in [0, 0.05) is 6.42 Å². The van der Waals surface area contributed by atoms with Crippen LogP contribution in [0.1, 0.15) is 35.5 Å². The third-order valence-corrected chi connectivity index (χ3v) is 0.926. The maximum absolute atomic E-state index is 9.68. The molecule has 0 N–H and O–H groups in total. The van der Waals surface area contributed by atoms with Gasteiger partial charge in [0.15, 0.2) is 0 Å². The van der Waals surface area contributed by atoms with E-state index in [9.17, 15) is 4.79 Å². The molecule has 2 heteroatoms. The number of rotatable bonds is 4. The topological polar surface area (TPSA) is 17.1 Å². The molecule has 0 radical (unpaired) electrons. The van der Waals surface area contributed by atoms with Gasteiger partial charge in [0.05, 0.1) is 0 Å². The molecule has 0 aromatic heterocycles. The summed E-state index contributed by atoms with van der Waals surface area (Å²) < 4.78 is 0. The number of unbranched alkanes of at least 4 members (excludes halogenated alkanes) is 3. The van der Waals surface area contributed by atoms with E-state index in [4.69, 9.17) is 0 Å². The number of hydrogen-bond donors (Lipinski definition) is 0. The summed E-state index contributed by atoms with van der Waals surface area (Å²) in [5.41, 5.74) is 0. The second kappa shape index (κ2) is 10.4. The van der Waals surface area contributed by atoms with Crippen LogP contribution in [0.3, 0.4) is 0 Å². The van der Waals surface area contributed by atoms with E-state index in [2.05, 4.69) is 6.92 Å². The van der Waals surface area contributed by atoms with Crippen molar-refractivity contribution in [3.8, 4) is 0 Å². The Balaban J connectivity index is -0.0000000600. The summed E-state index contributed by atoms with van der Waals surface area (Å²) in [7, 11) is 0. The van der Waals surface area contributed by atoms with Gasteiger partial charge in [-0.1, -0.05) is 19.8 Å². The van der Waals surface area contributed by atoms with Crippen molar-refractivity contribution in [1.29, 1.82) is 0 Å². The Morgan fingerprint density at radius 1 is 1.50 bits per heavy atom. The van der Waals surface area contributed by atoms with Gasteiger partial charge >= 0.3 is 23.1 Å².